The second-order valence-electron chi connectivity index (χ2n) is 5.89. The van der Waals surface area contributed by atoms with Crippen molar-refractivity contribution < 1.29 is 14.3 Å². The summed E-state index contributed by atoms with van der Waals surface area (Å²) in [5.41, 5.74) is 2.68. The molecule has 2 amide bonds. The van der Waals surface area contributed by atoms with E-state index in [1.807, 2.05) is 30.3 Å². The summed E-state index contributed by atoms with van der Waals surface area (Å²) in [5, 5.41) is 13.9. The summed E-state index contributed by atoms with van der Waals surface area (Å²) in [5.74, 6) is -0.243. The highest BCUT2D eigenvalue weighted by atomic mass is 16.6. The van der Waals surface area contributed by atoms with Gasteiger partial charge in [0, 0.05) is 12.2 Å². The number of carbonyl (C=O) groups excluding carboxylic acids is 2. The number of ether oxygens (including phenoxy) is 1. The Hall–Kier alpha value is -3.75. The minimum Gasteiger partial charge on any atom is -0.447 e. The van der Waals surface area contributed by atoms with Gasteiger partial charge >= 0.3 is 6.09 Å². The van der Waals surface area contributed by atoms with E-state index in [-0.39, 0.29) is 12.0 Å². The number of aromatic nitrogens is 4. The molecule has 27 heavy (non-hydrogen) atoms. The molecule has 9 nitrogen and oxygen atoms in total. The normalized spacial score (nSPS) is 13.5. The van der Waals surface area contributed by atoms with Gasteiger partial charge in [-0.25, -0.2) is 4.79 Å². The summed E-state index contributed by atoms with van der Waals surface area (Å²) >= 11 is 0. The third-order valence-corrected chi connectivity index (χ3v) is 4.18. The lowest BCUT2D eigenvalue weighted by Crippen LogP contribution is -2.25. The van der Waals surface area contributed by atoms with Gasteiger partial charge in [0.1, 0.15) is 12.9 Å². The molecule has 2 heterocycles. The van der Waals surface area contributed by atoms with Crippen molar-refractivity contribution in [1.29, 1.82) is 0 Å². The van der Waals surface area contributed by atoms with E-state index >= 15 is 0 Å². The fraction of sp³-hybridized carbons (Fsp3) is 0.167. The first kappa shape index (κ1) is 16.7. The van der Waals surface area contributed by atoms with Crippen molar-refractivity contribution in [3.05, 3.63) is 66.0 Å². The van der Waals surface area contributed by atoms with Crippen molar-refractivity contribution >= 4 is 17.7 Å². The summed E-state index contributed by atoms with van der Waals surface area (Å²) < 4.78 is 6.40. The van der Waals surface area contributed by atoms with Crippen LogP contribution in [0.15, 0.2) is 54.9 Å². The molecule has 0 unspecified atom stereocenters. The van der Waals surface area contributed by atoms with Crippen LogP contribution in [0.5, 0.6) is 0 Å². The van der Waals surface area contributed by atoms with E-state index in [1.54, 1.807) is 23.1 Å². The minimum atomic E-state index is -0.355. The van der Waals surface area contributed by atoms with Crippen molar-refractivity contribution in [3.8, 4) is 5.69 Å². The topological polar surface area (TPSA) is 102 Å². The van der Waals surface area contributed by atoms with Crippen LogP contribution in [0, 0.1) is 0 Å². The summed E-state index contributed by atoms with van der Waals surface area (Å²) in [6.45, 7) is 1.22. The quantitative estimate of drug-likeness (QED) is 0.737. The van der Waals surface area contributed by atoms with Crippen LogP contribution < -0.4 is 10.2 Å². The molecular weight excluding hydrogens is 348 g/mol. The number of benzene rings is 2. The SMILES string of the molecule is O=C(NCc1cccc(N2CCOC2=O)c1)c1ccccc1-n1cnnn1. The van der Waals surface area contributed by atoms with Crippen molar-refractivity contribution in [2.45, 2.75) is 6.54 Å². The number of hydrogen-bond donors (Lipinski definition) is 1. The van der Waals surface area contributed by atoms with E-state index < -0.39 is 0 Å². The average Bonchev–Trinajstić information content (AvgIpc) is 3.38. The number of cyclic esters (lactones) is 1. The highest BCUT2D eigenvalue weighted by molar-refractivity contribution is 5.97. The molecule has 1 N–H and O–H groups in total. The summed E-state index contributed by atoms with van der Waals surface area (Å²) in [7, 11) is 0. The van der Waals surface area contributed by atoms with E-state index in [0.717, 1.165) is 11.3 Å². The Balaban J connectivity index is 1.48. The molecule has 1 aliphatic rings. The number of tetrazole rings is 1. The number of nitrogens with zero attached hydrogens (tertiary/aromatic N) is 5. The van der Waals surface area contributed by atoms with Crippen LogP contribution in [0.25, 0.3) is 5.69 Å². The summed E-state index contributed by atoms with van der Waals surface area (Å²) in [4.78, 5) is 25.9. The molecule has 1 fully saturated rings. The van der Waals surface area contributed by atoms with E-state index in [2.05, 4.69) is 20.8 Å². The molecule has 2 aromatic carbocycles. The number of rotatable bonds is 5. The zero-order valence-electron chi connectivity index (χ0n) is 14.3. The standard InChI is InChI=1S/C18H16N6O3/c25-17(15-6-1-2-7-16(15)24-12-20-21-22-24)19-11-13-4-3-5-14(10-13)23-8-9-27-18(23)26/h1-7,10,12H,8-9,11H2,(H,19,25). The Morgan fingerprint density at radius 1 is 1.19 bits per heavy atom. The van der Waals surface area contributed by atoms with Crippen LogP contribution in [0.3, 0.4) is 0 Å². The Kier molecular flexibility index (Phi) is 4.48. The van der Waals surface area contributed by atoms with Gasteiger partial charge in [0.05, 0.1) is 17.8 Å². The Morgan fingerprint density at radius 2 is 2.07 bits per heavy atom. The molecule has 1 aliphatic heterocycles. The van der Waals surface area contributed by atoms with Gasteiger partial charge in [-0.3, -0.25) is 9.69 Å². The van der Waals surface area contributed by atoms with Crippen molar-refractivity contribution in [1.82, 2.24) is 25.5 Å². The number of amides is 2. The monoisotopic (exact) mass is 364 g/mol. The van der Waals surface area contributed by atoms with Crippen LogP contribution in [0.1, 0.15) is 15.9 Å². The zero-order chi connectivity index (χ0) is 18.6. The molecule has 3 aromatic rings. The number of nitrogens with one attached hydrogen (secondary N) is 1. The van der Waals surface area contributed by atoms with Gasteiger partial charge in [-0.15, -0.1) is 5.10 Å². The molecule has 0 radical (unpaired) electrons. The summed E-state index contributed by atoms with van der Waals surface area (Å²) in [6, 6.07) is 14.5. The Labute approximate surface area is 154 Å². The van der Waals surface area contributed by atoms with E-state index in [9.17, 15) is 9.59 Å². The third-order valence-electron chi connectivity index (χ3n) is 4.18. The molecule has 136 valence electrons. The number of hydrogen-bond acceptors (Lipinski definition) is 6. The van der Waals surface area contributed by atoms with Crippen LogP contribution in [0.4, 0.5) is 10.5 Å². The lowest BCUT2D eigenvalue weighted by Gasteiger charge is -2.14. The van der Waals surface area contributed by atoms with Crippen molar-refractivity contribution in [2.24, 2.45) is 0 Å². The third kappa shape index (κ3) is 3.47. The van der Waals surface area contributed by atoms with Crippen LogP contribution in [0.2, 0.25) is 0 Å². The van der Waals surface area contributed by atoms with Gasteiger partial charge in [-0.2, -0.15) is 4.68 Å². The number of anilines is 1. The lowest BCUT2D eigenvalue weighted by atomic mass is 10.1. The Bertz CT molecular complexity index is 973. The van der Waals surface area contributed by atoms with E-state index in [1.165, 1.54) is 11.0 Å². The molecule has 0 atom stereocenters. The first-order chi connectivity index (χ1) is 13.2. The van der Waals surface area contributed by atoms with Gasteiger partial charge in [0.2, 0.25) is 0 Å². The average molecular weight is 364 g/mol. The molecule has 1 aromatic heterocycles. The minimum absolute atomic E-state index is 0.243. The maximum Gasteiger partial charge on any atom is 0.414 e. The van der Waals surface area contributed by atoms with E-state index in [0.29, 0.717) is 30.9 Å². The molecule has 0 bridgehead atoms. The van der Waals surface area contributed by atoms with Gasteiger partial charge in [-0.1, -0.05) is 24.3 Å². The lowest BCUT2D eigenvalue weighted by molar-refractivity contribution is 0.0950. The van der Waals surface area contributed by atoms with Crippen LogP contribution in [-0.4, -0.2) is 45.4 Å². The summed E-state index contributed by atoms with van der Waals surface area (Å²) in [6.07, 6.45) is 1.08. The number of para-hydroxylation sites is 1. The molecule has 0 saturated carbocycles. The van der Waals surface area contributed by atoms with Crippen LogP contribution in [-0.2, 0) is 11.3 Å². The van der Waals surface area contributed by atoms with Gasteiger partial charge in [0.25, 0.3) is 5.91 Å². The molecule has 1 saturated heterocycles. The highest BCUT2D eigenvalue weighted by Gasteiger charge is 2.23. The number of carbonyl (C=O) groups is 2. The Morgan fingerprint density at radius 3 is 2.85 bits per heavy atom. The predicted octanol–water partition coefficient (Wildman–Crippen LogP) is 1.55. The molecule has 0 aliphatic carbocycles. The first-order valence-corrected chi connectivity index (χ1v) is 8.36. The highest BCUT2D eigenvalue weighted by Crippen LogP contribution is 2.20. The van der Waals surface area contributed by atoms with Gasteiger partial charge < -0.3 is 10.1 Å². The van der Waals surface area contributed by atoms with Gasteiger partial charge in [0.15, 0.2) is 0 Å². The maximum atomic E-state index is 12.6. The molecule has 4 rings (SSSR count). The second kappa shape index (κ2) is 7.24. The predicted molar refractivity (Wildman–Crippen MR) is 95.5 cm³/mol. The molecule has 0 spiro atoms. The van der Waals surface area contributed by atoms with Crippen molar-refractivity contribution in [3.63, 3.8) is 0 Å². The largest absolute Gasteiger partial charge is 0.447 e. The first-order valence-electron chi connectivity index (χ1n) is 8.36. The maximum absolute atomic E-state index is 12.6. The molecular formula is C18H16N6O3. The smallest absolute Gasteiger partial charge is 0.414 e. The fourth-order valence-corrected chi connectivity index (χ4v) is 2.88. The van der Waals surface area contributed by atoms with Crippen LogP contribution >= 0.6 is 0 Å². The molecule has 9 heteroatoms. The van der Waals surface area contributed by atoms with Crippen molar-refractivity contribution in [2.75, 3.05) is 18.1 Å². The van der Waals surface area contributed by atoms with Gasteiger partial charge in [-0.05, 0) is 40.3 Å². The van der Waals surface area contributed by atoms with E-state index in [4.69, 9.17) is 4.74 Å². The zero-order valence-corrected chi connectivity index (χ0v) is 14.3. The fourth-order valence-electron chi connectivity index (χ4n) is 2.88. The second-order valence-corrected chi connectivity index (χ2v) is 5.89.